The molecular weight excluding hydrogens is 252 g/mol. The van der Waals surface area contributed by atoms with E-state index in [9.17, 15) is 4.79 Å². The minimum absolute atomic E-state index is 0.0223. The molecule has 0 saturated carbocycles. The molecule has 0 aliphatic carbocycles. The number of ether oxygens (including phenoxy) is 1. The van der Waals surface area contributed by atoms with Gasteiger partial charge in [-0.15, -0.1) is 0 Å². The lowest BCUT2D eigenvalue weighted by molar-refractivity contribution is -0.147. The molecule has 0 fully saturated rings. The van der Waals surface area contributed by atoms with Gasteiger partial charge in [0.2, 0.25) is 0 Å². The zero-order valence-corrected chi connectivity index (χ0v) is 12.8. The molecule has 0 heterocycles. The van der Waals surface area contributed by atoms with Gasteiger partial charge in [0.05, 0.1) is 19.1 Å². The quantitative estimate of drug-likeness (QED) is 0.738. The summed E-state index contributed by atoms with van der Waals surface area (Å²) in [6.45, 7) is 6.48. The van der Waals surface area contributed by atoms with Gasteiger partial charge in [0.1, 0.15) is 0 Å². The third-order valence-electron chi connectivity index (χ3n) is 3.67. The summed E-state index contributed by atoms with van der Waals surface area (Å²) in [6, 6.07) is 8.07. The number of esters is 1. The zero-order valence-electron chi connectivity index (χ0n) is 12.8. The number of carbonyl (C=O) groups is 1. The number of hydrogen-bond donors (Lipinski definition) is 1. The van der Waals surface area contributed by atoms with Gasteiger partial charge < -0.3 is 9.84 Å². The normalized spacial score (nSPS) is 13.8. The molecule has 1 aromatic rings. The van der Waals surface area contributed by atoms with E-state index in [0.717, 1.165) is 24.8 Å². The molecule has 112 valence electrons. The van der Waals surface area contributed by atoms with Gasteiger partial charge in [-0.3, -0.25) is 4.79 Å². The number of benzene rings is 1. The van der Waals surface area contributed by atoms with Crippen LogP contribution in [0.15, 0.2) is 24.3 Å². The monoisotopic (exact) mass is 278 g/mol. The molecule has 20 heavy (non-hydrogen) atoms. The molecule has 1 rings (SSSR count). The highest BCUT2D eigenvalue weighted by atomic mass is 16.5. The predicted octanol–water partition coefficient (Wildman–Crippen LogP) is 3.65. The van der Waals surface area contributed by atoms with E-state index in [4.69, 9.17) is 9.84 Å². The average molecular weight is 278 g/mol. The maximum absolute atomic E-state index is 11.5. The number of rotatable bonds is 8. The SMILES string of the molecule is CCOC(=O)C(C)CCCC(C)c1cccc(CO)c1. The Morgan fingerprint density at radius 3 is 2.70 bits per heavy atom. The minimum Gasteiger partial charge on any atom is -0.466 e. The molecule has 0 amide bonds. The average Bonchev–Trinajstić information content (AvgIpc) is 2.47. The summed E-state index contributed by atoms with van der Waals surface area (Å²) >= 11 is 0. The number of carbonyl (C=O) groups excluding carboxylic acids is 1. The maximum Gasteiger partial charge on any atom is 0.308 e. The fourth-order valence-electron chi connectivity index (χ4n) is 2.30. The Morgan fingerprint density at radius 2 is 2.05 bits per heavy atom. The molecule has 0 aliphatic rings. The van der Waals surface area contributed by atoms with E-state index in [1.165, 1.54) is 5.56 Å². The summed E-state index contributed by atoms with van der Waals surface area (Å²) in [5.74, 6) is 0.323. The van der Waals surface area contributed by atoms with Gasteiger partial charge in [-0.2, -0.15) is 0 Å². The van der Waals surface area contributed by atoms with Crippen molar-refractivity contribution in [2.45, 2.75) is 52.6 Å². The molecule has 0 spiro atoms. The molecule has 0 aromatic heterocycles. The van der Waals surface area contributed by atoms with Crippen molar-refractivity contribution in [1.82, 2.24) is 0 Å². The van der Waals surface area contributed by atoms with E-state index in [1.54, 1.807) is 0 Å². The first-order chi connectivity index (χ1) is 9.58. The Morgan fingerprint density at radius 1 is 1.30 bits per heavy atom. The Hall–Kier alpha value is -1.35. The van der Waals surface area contributed by atoms with Crippen LogP contribution in [-0.2, 0) is 16.1 Å². The van der Waals surface area contributed by atoms with Crippen LogP contribution in [0, 0.1) is 5.92 Å². The Kier molecular flexibility index (Phi) is 7.31. The van der Waals surface area contributed by atoms with E-state index >= 15 is 0 Å². The second-order valence-corrected chi connectivity index (χ2v) is 5.39. The summed E-state index contributed by atoms with van der Waals surface area (Å²) in [5.41, 5.74) is 2.20. The van der Waals surface area contributed by atoms with Crippen molar-refractivity contribution >= 4 is 5.97 Å². The van der Waals surface area contributed by atoms with Crippen molar-refractivity contribution in [3.05, 3.63) is 35.4 Å². The van der Waals surface area contributed by atoms with Crippen LogP contribution >= 0.6 is 0 Å². The van der Waals surface area contributed by atoms with Crippen LogP contribution in [0.2, 0.25) is 0 Å². The third-order valence-corrected chi connectivity index (χ3v) is 3.67. The van der Waals surface area contributed by atoms with Gasteiger partial charge in [-0.1, -0.05) is 44.5 Å². The molecule has 2 unspecified atom stereocenters. The Balaban J connectivity index is 2.39. The van der Waals surface area contributed by atoms with E-state index in [0.29, 0.717) is 12.5 Å². The summed E-state index contributed by atoms with van der Waals surface area (Å²) in [5, 5.41) is 9.15. The van der Waals surface area contributed by atoms with Crippen molar-refractivity contribution in [1.29, 1.82) is 0 Å². The van der Waals surface area contributed by atoms with Crippen LogP contribution in [0.4, 0.5) is 0 Å². The van der Waals surface area contributed by atoms with Crippen LogP contribution in [0.5, 0.6) is 0 Å². The van der Waals surface area contributed by atoms with Crippen LogP contribution in [0.3, 0.4) is 0 Å². The Bertz CT molecular complexity index is 414. The van der Waals surface area contributed by atoms with Gasteiger partial charge >= 0.3 is 5.97 Å². The van der Waals surface area contributed by atoms with Gasteiger partial charge in [0, 0.05) is 0 Å². The van der Waals surface area contributed by atoms with E-state index in [2.05, 4.69) is 19.1 Å². The third kappa shape index (κ3) is 5.33. The van der Waals surface area contributed by atoms with Crippen molar-refractivity contribution in [2.24, 2.45) is 5.92 Å². The second kappa shape index (κ2) is 8.75. The largest absolute Gasteiger partial charge is 0.466 e. The fourth-order valence-corrected chi connectivity index (χ4v) is 2.30. The first kappa shape index (κ1) is 16.7. The van der Waals surface area contributed by atoms with Crippen LogP contribution in [-0.4, -0.2) is 17.7 Å². The predicted molar refractivity (Wildman–Crippen MR) is 80.4 cm³/mol. The second-order valence-electron chi connectivity index (χ2n) is 5.39. The molecule has 1 N–H and O–H groups in total. The summed E-state index contributed by atoms with van der Waals surface area (Å²) in [6.07, 6.45) is 2.91. The first-order valence-corrected chi connectivity index (χ1v) is 7.44. The summed E-state index contributed by atoms with van der Waals surface area (Å²) in [7, 11) is 0. The van der Waals surface area contributed by atoms with Gasteiger partial charge in [0.25, 0.3) is 0 Å². The van der Waals surface area contributed by atoms with Crippen molar-refractivity contribution < 1.29 is 14.6 Å². The molecule has 0 saturated heterocycles. The Labute approximate surface area is 122 Å². The summed E-state index contributed by atoms with van der Waals surface area (Å²) in [4.78, 5) is 11.5. The lowest BCUT2D eigenvalue weighted by Crippen LogP contribution is -2.14. The smallest absolute Gasteiger partial charge is 0.308 e. The molecule has 1 aromatic carbocycles. The lowest BCUT2D eigenvalue weighted by atomic mass is 9.92. The molecule has 3 nitrogen and oxygen atoms in total. The van der Waals surface area contributed by atoms with Crippen molar-refractivity contribution in [2.75, 3.05) is 6.61 Å². The summed E-state index contributed by atoms with van der Waals surface area (Å²) < 4.78 is 5.01. The van der Waals surface area contributed by atoms with E-state index in [1.807, 2.05) is 26.0 Å². The van der Waals surface area contributed by atoms with Gasteiger partial charge in [-0.25, -0.2) is 0 Å². The lowest BCUT2D eigenvalue weighted by Gasteiger charge is -2.14. The molecule has 0 radical (unpaired) electrons. The molecule has 0 bridgehead atoms. The standard InChI is InChI=1S/C17H26O3/c1-4-20-17(19)14(3)8-5-7-13(2)16-10-6-9-15(11-16)12-18/h6,9-11,13-14,18H,4-5,7-8,12H2,1-3H3. The number of aliphatic hydroxyl groups is 1. The molecular formula is C17H26O3. The van der Waals surface area contributed by atoms with E-state index in [-0.39, 0.29) is 18.5 Å². The van der Waals surface area contributed by atoms with E-state index < -0.39 is 0 Å². The first-order valence-electron chi connectivity index (χ1n) is 7.44. The van der Waals surface area contributed by atoms with Crippen molar-refractivity contribution in [3.8, 4) is 0 Å². The van der Waals surface area contributed by atoms with Crippen LogP contribution in [0.1, 0.15) is 57.1 Å². The topological polar surface area (TPSA) is 46.5 Å². The fraction of sp³-hybridized carbons (Fsp3) is 0.588. The zero-order chi connectivity index (χ0) is 15.0. The molecule has 2 atom stereocenters. The van der Waals surface area contributed by atoms with Crippen LogP contribution < -0.4 is 0 Å². The maximum atomic E-state index is 11.5. The van der Waals surface area contributed by atoms with Gasteiger partial charge in [0.15, 0.2) is 0 Å². The van der Waals surface area contributed by atoms with Crippen LogP contribution in [0.25, 0.3) is 0 Å². The highest BCUT2D eigenvalue weighted by Gasteiger charge is 2.14. The highest BCUT2D eigenvalue weighted by molar-refractivity contribution is 5.71. The van der Waals surface area contributed by atoms with Gasteiger partial charge in [-0.05, 0) is 36.8 Å². The highest BCUT2D eigenvalue weighted by Crippen LogP contribution is 2.23. The minimum atomic E-state index is -0.0950. The number of aliphatic hydroxyl groups excluding tert-OH is 1. The number of hydrogen-bond acceptors (Lipinski definition) is 3. The van der Waals surface area contributed by atoms with Crippen molar-refractivity contribution in [3.63, 3.8) is 0 Å². The molecule has 3 heteroatoms. The molecule has 0 aliphatic heterocycles.